The van der Waals surface area contributed by atoms with Gasteiger partial charge >= 0.3 is 0 Å². The van der Waals surface area contributed by atoms with Crippen molar-refractivity contribution in [3.8, 4) is 0 Å². The van der Waals surface area contributed by atoms with Crippen LogP contribution in [-0.4, -0.2) is 31.7 Å². The zero-order valence-corrected chi connectivity index (χ0v) is 15.0. The Morgan fingerprint density at radius 2 is 1.72 bits per heavy atom. The molecule has 0 radical (unpaired) electrons. The van der Waals surface area contributed by atoms with E-state index in [1.807, 2.05) is 30.3 Å². The number of carbonyl (C=O) groups is 1. The topological polar surface area (TPSA) is 66.5 Å². The van der Waals surface area contributed by atoms with E-state index in [0.29, 0.717) is 6.54 Å². The van der Waals surface area contributed by atoms with Gasteiger partial charge in [0.05, 0.1) is 0 Å². The molecule has 0 bridgehead atoms. The van der Waals surface area contributed by atoms with E-state index in [4.69, 9.17) is 0 Å². The number of hydrogen-bond donors (Lipinski definition) is 1. The van der Waals surface area contributed by atoms with E-state index in [0.717, 1.165) is 22.0 Å². The van der Waals surface area contributed by atoms with Gasteiger partial charge in [0.1, 0.15) is 10.7 Å². The highest BCUT2D eigenvalue weighted by molar-refractivity contribution is 7.89. The minimum Gasteiger partial charge on any atom is -0.348 e. The Hall–Kier alpha value is -2.25. The number of nitrogens with zero attached hydrogens (tertiary/aromatic N) is 1. The molecule has 7 heteroatoms. The molecule has 0 saturated carbocycles. The normalized spacial score (nSPS) is 11.5. The van der Waals surface area contributed by atoms with Crippen LogP contribution in [-0.2, 0) is 16.6 Å². The lowest BCUT2D eigenvalue weighted by molar-refractivity contribution is 0.0950. The summed E-state index contributed by atoms with van der Waals surface area (Å²) in [7, 11) is -3.98. The van der Waals surface area contributed by atoms with E-state index < -0.39 is 26.6 Å². The van der Waals surface area contributed by atoms with Crippen LogP contribution in [0.1, 0.15) is 29.8 Å². The summed E-state index contributed by atoms with van der Waals surface area (Å²) in [6, 6.07) is 12.7. The van der Waals surface area contributed by atoms with Gasteiger partial charge in [-0.15, -0.1) is 0 Å². The molecule has 25 heavy (non-hydrogen) atoms. The maximum absolute atomic E-state index is 14.1. The van der Waals surface area contributed by atoms with Crippen molar-refractivity contribution < 1.29 is 17.6 Å². The highest BCUT2D eigenvalue weighted by atomic mass is 32.2. The van der Waals surface area contributed by atoms with Crippen LogP contribution in [0.2, 0.25) is 0 Å². The van der Waals surface area contributed by atoms with Gasteiger partial charge in [-0.3, -0.25) is 4.79 Å². The zero-order chi connectivity index (χ0) is 18.4. The number of halogens is 1. The van der Waals surface area contributed by atoms with Gasteiger partial charge in [-0.25, -0.2) is 12.8 Å². The second-order valence-corrected chi connectivity index (χ2v) is 7.31. The summed E-state index contributed by atoms with van der Waals surface area (Å²) >= 11 is 0. The minimum absolute atomic E-state index is 0.100. The predicted octanol–water partition coefficient (Wildman–Crippen LogP) is 2.79. The summed E-state index contributed by atoms with van der Waals surface area (Å²) in [6.07, 6.45) is 0. The number of hydrogen-bond acceptors (Lipinski definition) is 3. The first-order chi connectivity index (χ1) is 11.9. The number of nitrogens with one attached hydrogen (secondary N) is 1. The monoisotopic (exact) mass is 364 g/mol. The van der Waals surface area contributed by atoms with Crippen LogP contribution in [0.4, 0.5) is 4.39 Å². The number of amides is 1. The molecule has 2 aromatic carbocycles. The number of sulfonamides is 1. The maximum Gasteiger partial charge on any atom is 0.251 e. The van der Waals surface area contributed by atoms with E-state index in [2.05, 4.69) is 5.32 Å². The molecule has 0 fully saturated rings. The molecule has 0 aliphatic carbocycles. The van der Waals surface area contributed by atoms with Crippen molar-refractivity contribution in [3.05, 3.63) is 65.5 Å². The molecule has 0 heterocycles. The Morgan fingerprint density at radius 3 is 2.32 bits per heavy atom. The third kappa shape index (κ3) is 4.43. The molecule has 2 aromatic rings. The summed E-state index contributed by atoms with van der Waals surface area (Å²) in [6.45, 7) is 4.10. The Balaban J connectivity index is 2.24. The van der Waals surface area contributed by atoms with Crippen molar-refractivity contribution in [1.29, 1.82) is 0 Å². The first kappa shape index (κ1) is 19.1. The molecule has 0 saturated heterocycles. The quantitative estimate of drug-likeness (QED) is 0.821. The van der Waals surface area contributed by atoms with Gasteiger partial charge in [0.2, 0.25) is 10.0 Å². The van der Waals surface area contributed by atoms with Crippen molar-refractivity contribution in [3.63, 3.8) is 0 Å². The molecule has 0 aliphatic heterocycles. The Morgan fingerprint density at radius 1 is 1.08 bits per heavy atom. The standard InChI is InChI=1S/C18H21FN2O3S/c1-3-21(4-2)25(23,24)17-12-15(10-11-16(17)19)18(22)20-13-14-8-6-5-7-9-14/h5-12H,3-4,13H2,1-2H3,(H,20,22). The predicted molar refractivity (Wildman–Crippen MR) is 94.1 cm³/mol. The number of benzene rings is 2. The average molecular weight is 364 g/mol. The van der Waals surface area contributed by atoms with Crippen molar-refractivity contribution in [2.24, 2.45) is 0 Å². The molecular weight excluding hydrogens is 343 g/mol. The Bertz CT molecular complexity index is 835. The van der Waals surface area contributed by atoms with Crippen LogP contribution in [0.3, 0.4) is 0 Å². The molecule has 0 aliphatic rings. The summed E-state index contributed by atoms with van der Waals surface area (Å²) in [5.74, 6) is -1.33. The van der Waals surface area contributed by atoms with Gasteiger partial charge in [-0.1, -0.05) is 44.2 Å². The molecule has 5 nitrogen and oxygen atoms in total. The summed E-state index contributed by atoms with van der Waals surface area (Å²) in [4.78, 5) is 11.8. The van der Waals surface area contributed by atoms with Crippen molar-refractivity contribution >= 4 is 15.9 Å². The highest BCUT2D eigenvalue weighted by Gasteiger charge is 2.26. The van der Waals surface area contributed by atoms with Crippen molar-refractivity contribution in [2.45, 2.75) is 25.3 Å². The molecular formula is C18H21FN2O3S. The van der Waals surface area contributed by atoms with Gasteiger partial charge in [0.25, 0.3) is 5.91 Å². The van der Waals surface area contributed by atoms with Gasteiger partial charge in [0, 0.05) is 25.2 Å². The van der Waals surface area contributed by atoms with Gasteiger partial charge in [0.15, 0.2) is 0 Å². The molecule has 0 unspecified atom stereocenters. The second kappa shape index (κ2) is 8.22. The van der Waals surface area contributed by atoms with Crippen LogP contribution in [0.25, 0.3) is 0 Å². The third-order valence-corrected chi connectivity index (χ3v) is 5.88. The van der Waals surface area contributed by atoms with E-state index in [1.54, 1.807) is 13.8 Å². The first-order valence-corrected chi connectivity index (χ1v) is 9.46. The third-order valence-electron chi connectivity index (χ3n) is 3.81. The minimum atomic E-state index is -3.98. The first-order valence-electron chi connectivity index (χ1n) is 8.02. The van der Waals surface area contributed by atoms with Crippen LogP contribution in [0.5, 0.6) is 0 Å². The van der Waals surface area contributed by atoms with E-state index in [9.17, 15) is 17.6 Å². The molecule has 2 rings (SSSR count). The van der Waals surface area contributed by atoms with Crippen LogP contribution in [0.15, 0.2) is 53.4 Å². The Labute approximate surface area is 147 Å². The lowest BCUT2D eigenvalue weighted by Crippen LogP contribution is -2.31. The maximum atomic E-state index is 14.1. The van der Waals surface area contributed by atoms with Crippen LogP contribution >= 0.6 is 0 Å². The smallest absolute Gasteiger partial charge is 0.251 e. The number of rotatable bonds is 7. The fourth-order valence-corrected chi connectivity index (χ4v) is 3.97. The average Bonchev–Trinajstić information content (AvgIpc) is 2.61. The SMILES string of the molecule is CCN(CC)S(=O)(=O)c1cc(C(=O)NCc2ccccc2)ccc1F. The number of carbonyl (C=O) groups excluding carboxylic acids is 1. The molecule has 0 spiro atoms. The van der Waals surface area contributed by atoms with E-state index >= 15 is 0 Å². The summed E-state index contributed by atoms with van der Waals surface area (Å²) < 4.78 is 40.3. The van der Waals surface area contributed by atoms with Gasteiger partial charge in [-0.2, -0.15) is 4.31 Å². The van der Waals surface area contributed by atoms with Crippen LogP contribution < -0.4 is 5.32 Å². The van der Waals surface area contributed by atoms with Gasteiger partial charge < -0.3 is 5.32 Å². The molecule has 1 amide bonds. The highest BCUT2D eigenvalue weighted by Crippen LogP contribution is 2.21. The van der Waals surface area contributed by atoms with Crippen molar-refractivity contribution in [1.82, 2.24) is 9.62 Å². The van der Waals surface area contributed by atoms with E-state index in [-0.39, 0.29) is 18.7 Å². The van der Waals surface area contributed by atoms with Crippen LogP contribution in [0, 0.1) is 5.82 Å². The lowest BCUT2D eigenvalue weighted by atomic mass is 10.2. The molecule has 1 N–H and O–H groups in total. The molecule has 0 atom stereocenters. The van der Waals surface area contributed by atoms with Crippen molar-refractivity contribution in [2.75, 3.05) is 13.1 Å². The Kier molecular flexibility index (Phi) is 6.27. The zero-order valence-electron chi connectivity index (χ0n) is 14.2. The fraction of sp³-hybridized carbons (Fsp3) is 0.278. The summed E-state index contributed by atoms with van der Waals surface area (Å²) in [5.41, 5.74) is 1.01. The molecule has 0 aromatic heterocycles. The van der Waals surface area contributed by atoms with E-state index in [1.165, 1.54) is 6.07 Å². The fourth-order valence-electron chi connectivity index (χ4n) is 2.43. The second-order valence-electron chi connectivity index (χ2n) is 5.40. The lowest BCUT2D eigenvalue weighted by Gasteiger charge is -2.19. The summed E-state index contributed by atoms with van der Waals surface area (Å²) in [5, 5.41) is 2.70. The largest absolute Gasteiger partial charge is 0.348 e. The molecule has 134 valence electrons. The van der Waals surface area contributed by atoms with Gasteiger partial charge in [-0.05, 0) is 23.8 Å².